The molecule has 0 bridgehead atoms. The summed E-state index contributed by atoms with van der Waals surface area (Å²) in [4.78, 5) is 28.7. The van der Waals surface area contributed by atoms with Gasteiger partial charge in [-0.05, 0) is 60.4 Å². The Morgan fingerprint density at radius 1 is 0.932 bits per heavy atom. The summed E-state index contributed by atoms with van der Waals surface area (Å²) in [5.74, 6) is 0.0979. The van der Waals surface area contributed by atoms with Crippen molar-refractivity contribution in [3.63, 3.8) is 0 Å². The molecule has 1 heterocycles. The lowest BCUT2D eigenvalue weighted by Gasteiger charge is -2.35. The highest BCUT2D eigenvalue weighted by atomic mass is 32.2. The zero-order valence-electron chi connectivity index (χ0n) is 24.7. The number of benzene rings is 4. The third-order valence-corrected chi connectivity index (χ3v) is 9.33. The average Bonchev–Trinajstić information content (AvgIpc) is 3.05. The number of rotatable bonds is 11. The molecule has 1 N–H and O–H groups in total. The maximum absolute atomic E-state index is 14.0. The summed E-state index contributed by atoms with van der Waals surface area (Å²) in [5, 5.41) is 2.88. The summed E-state index contributed by atoms with van der Waals surface area (Å²) in [6.45, 7) is 1.67. The molecule has 0 aliphatic carbocycles. The van der Waals surface area contributed by atoms with Gasteiger partial charge in [0, 0.05) is 13.1 Å². The first-order chi connectivity index (χ1) is 21.3. The van der Waals surface area contributed by atoms with Crippen LogP contribution >= 0.6 is 0 Å². The van der Waals surface area contributed by atoms with E-state index >= 15 is 0 Å². The minimum atomic E-state index is -4.08. The Kier molecular flexibility index (Phi) is 9.62. The molecule has 9 nitrogen and oxygen atoms in total. The Hall–Kier alpha value is -4.67. The second-order valence-corrected chi connectivity index (χ2v) is 12.4. The first-order valence-electron chi connectivity index (χ1n) is 14.3. The molecule has 0 aromatic heterocycles. The summed E-state index contributed by atoms with van der Waals surface area (Å²) in [6.07, 6.45) is -0.566. The molecule has 4 aromatic rings. The lowest BCUT2D eigenvalue weighted by atomic mass is 10.1. The Balaban J connectivity index is 1.40. The van der Waals surface area contributed by atoms with E-state index in [0.29, 0.717) is 35.7 Å². The predicted octanol–water partition coefficient (Wildman–Crippen LogP) is 4.35. The summed E-state index contributed by atoms with van der Waals surface area (Å²) >= 11 is 0. The minimum Gasteiger partial charge on any atom is -0.496 e. The fourth-order valence-electron chi connectivity index (χ4n) is 5.09. The molecule has 44 heavy (non-hydrogen) atoms. The van der Waals surface area contributed by atoms with Gasteiger partial charge in [0.2, 0.25) is 15.9 Å². The lowest BCUT2D eigenvalue weighted by molar-refractivity contribution is -0.128. The van der Waals surface area contributed by atoms with Crippen LogP contribution in [0.25, 0.3) is 0 Å². The number of hydrogen-bond donors (Lipinski definition) is 1. The van der Waals surface area contributed by atoms with Gasteiger partial charge >= 0.3 is 0 Å². The van der Waals surface area contributed by atoms with E-state index in [9.17, 15) is 18.0 Å². The number of methoxy groups -OCH3 is 1. The van der Waals surface area contributed by atoms with Crippen LogP contribution < -0.4 is 19.7 Å². The number of aryl methyl sites for hydroxylation is 1. The number of hydrogen-bond acceptors (Lipinski definition) is 6. The Bertz CT molecular complexity index is 1710. The highest BCUT2D eigenvalue weighted by Gasteiger charge is 2.36. The van der Waals surface area contributed by atoms with Crippen molar-refractivity contribution in [1.29, 1.82) is 0 Å². The number of anilines is 1. The fraction of sp³-hybridized carbons (Fsp3) is 0.235. The number of nitrogens with one attached hydrogen (secondary N) is 1. The van der Waals surface area contributed by atoms with Crippen LogP contribution in [0.3, 0.4) is 0 Å². The van der Waals surface area contributed by atoms with Crippen LogP contribution in [0, 0.1) is 6.92 Å². The molecule has 1 aliphatic heterocycles. The summed E-state index contributed by atoms with van der Waals surface area (Å²) in [7, 11) is -2.55. The molecule has 1 aliphatic rings. The molecule has 10 heteroatoms. The van der Waals surface area contributed by atoms with Crippen molar-refractivity contribution < 1.29 is 27.5 Å². The highest BCUT2D eigenvalue weighted by Crippen LogP contribution is 2.34. The van der Waals surface area contributed by atoms with Gasteiger partial charge in [0.15, 0.2) is 6.10 Å². The Morgan fingerprint density at radius 3 is 2.27 bits per heavy atom. The third kappa shape index (κ3) is 7.10. The van der Waals surface area contributed by atoms with Gasteiger partial charge in [-0.1, -0.05) is 72.8 Å². The quantitative estimate of drug-likeness (QED) is 0.270. The van der Waals surface area contributed by atoms with E-state index in [1.165, 1.54) is 22.4 Å². The first-order valence-corrected chi connectivity index (χ1v) is 15.8. The second kappa shape index (κ2) is 13.7. The number of amides is 2. The van der Waals surface area contributed by atoms with E-state index in [4.69, 9.17) is 9.47 Å². The van der Waals surface area contributed by atoms with Crippen LogP contribution in [0.5, 0.6) is 11.5 Å². The SMILES string of the molecule is COc1ccc(S(=O)(=O)N(CCc2ccccc2)CC(=O)N2CC(C(=O)NCc3ccccc3)Oc3ccccc32)cc1C. The van der Waals surface area contributed by atoms with Gasteiger partial charge in [-0.15, -0.1) is 0 Å². The van der Waals surface area contributed by atoms with Gasteiger partial charge < -0.3 is 19.7 Å². The zero-order chi connectivity index (χ0) is 31.1. The van der Waals surface area contributed by atoms with E-state index < -0.39 is 28.6 Å². The van der Waals surface area contributed by atoms with Crippen LogP contribution in [-0.2, 0) is 32.6 Å². The van der Waals surface area contributed by atoms with Crippen molar-refractivity contribution in [3.05, 3.63) is 120 Å². The maximum Gasteiger partial charge on any atom is 0.263 e. The monoisotopic (exact) mass is 613 g/mol. The molecule has 0 radical (unpaired) electrons. The minimum absolute atomic E-state index is 0.0648. The lowest BCUT2D eigenvalue weighted by Crippen LogP contribution is -2.53. The predicted molar refractivity (Wildman–Crippen MR) is 168 cm³/mol. The standard InChI is InChI=1S/C34H35N3O6S/c1-25-21-28(17-18-30(25)42-2)44(40,41)36(20-19-26-11-5-3-6-12-26)24-33(38)37-23-32(43-31-16-10-9-15-29(31)37)34(39)35-22-27-13-7-4-8-14-27/h3-18,21,32H,19-20,22-24H2,1-2H3,(H,35,39). The maximum atomic E-state index is 14.0. The van der Waals surface area contributed by atoms with Crippen molar-refractivity contribution in [2.24, 2.45) is 0 Å². The number of para-hydroxylation sites is 2. The van der Waals surface area contributed by atoms with Crippen LogP contribution in [0.4, 0.5) is 5.69 Å². The molecule has 2 amide bonds. The number of ether oxygens (including phenoxy) is 2. The Labute approximate surface area is 258 Å². The van der Waals surface area contributed by atoms with Gasteiger partial charge in [0.05, 0.1) is 30.8 Å². The third-order valence-electron chi connectivity index (χ3n) is 7.49. The number of sulfonamides is 1. The van der Waals surface area contributed by atoms with Crippen LogP contribution in [0.1, 0.15) is 16.7 Å². The molecule has 0 saturated carbocycles. The molecule has 1 unspecified atom stereocenters. The van der Waals surface area contributed by atoms with Crippen LogP contribution in [0.2, 0.25) is 0 Å². The summed E-state index contributed by atoms with van der Waals surface area (Å²) in [5.41, 5.74) is 3.01. The van der Waals surface area contributed by atoms with Gasteiger partial charge in [0.1, 0.15) is 11.5 Å². The number of fused-ring (bicyclic) bond motifs is 1. The molecule has 5 rings (SSSR count). The molecular formula is C34H35N3O6S. The second-order valence-electron chi connectivity index (χ2n) is 10.5. The van der Waals surface area contributed by atoms with E-state index in [1.54, 1.807) is 43.3 Å². The zero-order valence-corrected chi connectivity index (χ0v) is 25.5. The van der Waals surface area contributed by atoms with Crippen molar-refractivity contribution in [2.45, 2.75) is 30.9 Å². The molecule has 228 valence electrons. The van der Waals surface area contributed by atoms with Crippen molar-refractivity contribution in [2.75, 3.05) is 31.6 Å². The fourth-order valence-corrected chi connectivity index (χ4v) is 6.56. The van der Waals surface area contributed by atoms with Gasteiger partial charge in [0.25, 0.3) is 5.91 Å². The van der Waals surface area contributed by atoms with Gasteiger partial charge in [-0.3, -0.25) is 9.59 Å². The topological polar surface area (TPSA) is 105 Å². The molecular weight excluding hydrogens is 578 g/mol. The summed E-state index contributed by atoms with van der Waals surface area (Å²) in [6, 6.07) is 30.6. The number of nitrogens with zero attached hydrogens (tertiary/aromatic N) is 2. The van der Waals surface area contributed by atoms with Crippen LogP contribution in [-0.4, -0.2) is 57.4 Å². The largest absolute Gasteiger partial charge is 0.496 e. The Morgan fingerprint density at radius 2 is 1.59 bits per heavy atom. The van der Waals surface area contributed by atoms with E-state index in [2.05, 4.69) is 5.32 Å². The van der Waals surface area contributed by atoms with Gasteiger partial charge in [-0.2, -0.15) is 4.31 Å². The molecule has 0 saturated heterocycles. The first kappa shape index (κ1) is 30.8. The number of carbonyl (C=O) groups excluding carboxylic acids is 2. The summed E-state index contributed by atoms with van der Waals surface area (Å²) < 4.78 is 40.5. The number of carbonyl (C=O) groups is 2. The van der Waals surface area contributed by atoms with Crippen LogP contribution in [0.15, 0.2) is 108 Å². The molecule has 1 atom stereocenters. The van der Waals surface area contributed by atoms with Crippen molar-refractivity contribution in [1.82, 2.24) is 9.62 Å². The van der Waals surface area contributed by atoms with E-state index in [-0.39, 0.29) is 23.9 Å². The molecule has 4 aromatic carbocycles. The van der Waals surface area contributed by atoms with Crippen molar-refractivity contribution >= 4 is 27.5 Å². The van der Waals surface area contributed by atoms with Gasteiger partial charge in [-0.25, -0.2) is 8.42 Å². The normalized spacial score (nSPS) is 14.4. The molecule has 0 fully saturated rings. The highest BCUT2D eigenvalue weighted by molar-refractivity contribution is 7.89. The van der Waals surface area contributed by atoms with E-state index in [0.717, 1.165) is 11.1 Å². The average molecular weight is 614 g/mol. The van der Waals surface area contributed by atoms with E-state index in [1.807, 2.05) is 60.7 Å². The van der Waals surface area contributed by atoms with Crippen molar-refractivity contribution in [3.8, 4) is 11.5 Å². The molecule has 0 spiro atoms. The smallest absolute Gasteiger partial charge is 0.263 e.